The van der Waals surface area contributed by atoms with E-state index >= 15 is 24.0 Å². The standard InChI is InChI=1S/C78H108N14O18S2/c1-3-106-55-92(54-74(98)87(38-15-12-34-81)50-76(100)90(45-61-22-26-65-67(42-61)109-56-107-65)52-72(96)85(36-13-10-32-79)47-69(93)84-64(78(102)103)31-41-111-2)77(101)51-89(40-30-60-20-24-63(25-21-60)112(82,104)105)73(97)53-91(46-62-23-27-66-68(43-62)110-57-108-66)75(99)49-86(37-14-11-33-80)71(95)48-88(39-29-59-18-8-5-9-19-59)70(94)44-83-35-28-58-16-6-4-7-17-58/h4-9,16-27,42-43,64,83H,3,10-15,28-41,44-57,79-81H2,1-2H3,(H,84,93)(H,102,103)(H2,82,104,105). The SMILES string of the molecule is CCOCN(CC(=O)N(CCCCN)CC(=O)N(CC(=O)N(CCCCN)CC(=O)NC(CCSC)C(=O)O)Cc1ccc2c(c1)OCO2)C(=O)CN(CCc1ccc(S(N)(=O)=O)cc1)C(=O)CN(Cc1ccc2c(c1)OCO2)C(=O)CN(CCCCN)C(=O)CN(CCc1ccccc1)C(=O)CNCCc1ccccc1. The van der Waals surface area contributed by atoms with Crippen molar-refractivity contribution in [2.75, 3.05) is 157 Å². The summed E-state index contributed by atoms with van der Waals surface area (Å²) in [6.45, 7) is -3.13. The van der Waals surface area contributed by atoms with Crippen LogP contribution in [0.2, 0.25) is 0 Å². The number of carboxylic acids is 1. The summed E-state index contributed by atoms with van der Waals surface area (Å²) in [6, 6.07) is 33.5. The van der Waals surface area contributed by atoms with Gasteiger partial charge < -0.3 is 95.8 Å². The molecule has 34 heteroatoms. The van der Waals surface area contributed by atoms with E-state index in [1.165, 1.54) is 70.3 Å². The second kappa shape index (κ2) is 47.4. The molecule has 0 aliphatic carbocycles. The Bertz CT molecular complexity index is 4000. The Hall–Kier alpha value is -9.94. The number of amides is 9. The van der Waals surface area contributed by atoms with Crippen molar-refractivity contribution in [2.45, 2.75) is 95.2 Å². The van der Waals surface area contributed by atoms with Gasteiger partial charge in [-0.25, -0.2) is 18.4 Å². The molecule has 7 rings (SSSR count). The smallest absolute Gasteiger partial charge is 0.326 e. The summed E-state index contributed by atoms with van der Waals surface area (Å²) in [5.74, 6) is -5.24. The van der Waals surface area contributed by atoms with Crippen molar-refractivity contribution in [3.05, 3.63) is 149 Å². The zero-order valence-electron chi connectivity index (χ0n) is 64.0. The number of thioether (sulfide) groups is 1. The number of nitrogens with two attached hydrogens (primary N) is 4. The van der Waals surface area contributed by atoms with Gasteiger partial charge in [0.15, 0.2) is 23.0 Å². The number of carboxylic acid groups (broad SMARTS) is 1. The maximum Gasteiger partial charge on any atom is 0.326 e. The lowest BCUT2D eigenvalue weighted by molar-refractivity contribution is -0.151. The zero-order chi connectivity index (χ0) is 80.8. The van der Waals surface area contributed by atoms with E-state index < -0.39 is 128 Å². The molecule has 0 bridgehead atoms. The van der Waals surface area contributed by atoms with Crippen molar-refractivity contribution in [3.8, 4) is 23.0 Å². The summed E-state index contributed by atoms with van der Waals surface area (Å²) in [5.41, 5.74) is 21.3. The first-order chi connectivity index (χ1) is 54.0. The van der Waals surface area contributed by atoms with E-state index in [1.807, 2.05) is 60.7 Å². The van der Waals surface area contributed by atoms with E-state index in [0.29, 0.717) is 96.9 Å². The van der Waals surface area contributed by atoms with Gasteiger partial charge in [0.1, 0.15) is 32.4 Å². The van der Waals surface area contributed by atoms with Crippen LogP contribution < -0.4 is 51.9 Å². The highest BCUT2D eigenvalue weighted by molar-refractivity contribution is 7.98. The second-order valence-electron chi connectivity index (χ2n) is 27.0. The topological polar surface area (TPSA) is 425 Å². The van der Waals surface area contributed by atoms with Crippen molar-refractivity contribution in [1.82, 2.24) is 49.8 Å². The number of nitrogens with zero attached hydrogens (tertiary/aromatic N) is 8. The molecule has 2 aliphatic rings. The molecule has 5 aromatic carbocycles. The average molecular weight is 1590 g/mol. The number of sulfonamides is 1. The minimum atomic E-state index is -4.12. The molecule has 112 heavy (non-hydrogen) atoms. The van der Waals surface area contributed by atoms with Crippen LogP contribution in [0.1, 0.15) is 79.7 Å². The first kappa shape index (κ1) is 89.3. The molecule has 11 N–H and O–H groups in total. The highest BCUT2D eigenvalue weighted by atomic mass is 32.2. The third-order valence-corrected chi connectivity index (χ3v) is 20.1. The predicted molar refractivity (Wildman–Crippen MR) is 419 cm³/mol. The molecule has 2 aliphatic heterocycles. The molecule has 0 spiro atoms. The second-order valence-corrected chi connectivity index (χ2v) is 29.5. The highest BCUT2D eigenvalue weighted by Gasteiger charge is 2.33. The number of hydrogen-bond donors (Lipinski definition) is 7. The van der Waals surface area contributed by atoms with Crippen LogP contribution in [0.15, 0.2) is 126 Å². The van der Waals surface area contributed by atoms with Gasteiger partial charge in [0.05, 0.1) is 44.2 Å². The van der Waals surface area contributed by atoms with Gasteiger partial charge in [-0.05, 0) is 174 Å². The molecule has 0 radical (unpaired) electrons. The lowest BCUT2D eigenvalue weighted by Crippen LogP contribution is -2.53. The molecule has 0 aromatic heterocycles. The lowest BCUT2D eigenvalue weighted by atomic mass is 10.1. The molecular formula is C78H108N14O18S2. The molecule has 610 valence electrons. The summed E-state index contributed by atoms with van der Waals surface area (Å²) in [4.78, 5) is 155. The Balaban J connectivity index is 1.17. The quantitative estimate of drug-likeness (QED) is 0.0216. The van der Waals surface area contributed by atoms with E-state index in [0.717, 1.165) is 16.0 Å². The van der Waals surface area contributed by atoms with Gasteiger partial charge in [-0.15, -0.1) is 0 Å². The largest absolute Gasteiger partial charge is 0.480 e. The Morgan fingerprint density at radius 2 is 0.857 bits per heavy atom. The lowest BCUT2D eigenvalue weighted by Gasteiger charge is -2.33. The van der Waals surface area contributed by atoms with Crippen LogP contribution in [0.5, 0.6) is 23.0 Å². The Morgan fingerprint density at radius 3 is 1.29 bits per heavy atom. The molecule has 9 amide bonds. The van der Waals surface area contributed by atoms with Crippen molar-refractivity contribution >= 4 is 80.9 Å². The van der Waals surface area contributed by atoms with Gasteiger partial charge in [-0.1, -0.05) is 84.9 Å². The van der Waals surface area contributed by atoms with E-state index in [4.69, 9.17) is 46.0 Å². The molecular weight excluding hydrogens is 1490 g/mol. The fourth-order valence-corrected chi connectivity index (χ4v) is 13.1. The predicted octanol–water partition coefficient (Wildman–Crippen LogP) is 1.97. The van der Waals surface area contributed by atoms with E-state index in [1.54, 1.807) is 49.6 Å². The maximum absolute atomic E-state index is 15.5. The van der Waals surface area contributed by atoms with Gasteiger partial charge in [-0.3, -0.25) is 43.2 Å². The number of benzene rings is 5. The molecule has 5 aromatic rings. The van der Waals surface area contributed by atoms with E-state index in [-0.39, 0.29) is 122 Å². The number of carbonyl (C=O) groups is 10. The third kappa shape index (κ3) is 30.3. The van der Waals surface area contributed by atoms with Crippen molar-refractivity contribution in [3.63, 3.8) is 0 Å². The molecule has 32 nitrogen and oxygen atoms in total. The monoisotopic (exact) mass is 1590 g/mol. The van der Waals surface area contributed by atoms with Gasteiger partial charge in [-0.2, -0.15) is 11.8 Å². The van der Waals surface area contributed by atoms with Crippen molar-refractivity contribution in [1.29, 1.82) is 0 Å². The van der Waals surface area contributed by atoms with Crippen LogP contribution in [0.4, 0.5) is 0 Å². The number of nitrogens with one attached hydrogen (secondary N) is 2. The number of rotatable bonds is 52. The zero-order valence-corrected chi connectivity index (χ0v) is 65.6. The summed E-state index contributed by atoms with van der Waals surface area (Å²) in [5, 5.41) is 21.1. The molecule has 2 heterocycles. The summed E-state index contributed by atoms with van der Waals surface area (Å²) < 4.78 is 53.0. The Morgan fingerprint density at radius 1 is 0.473 bits per heavy atom. The number of unbranched alkanes of at least 4 members (excludes halogenated alkanes) is 3. The van der Waals surface area contributed by atoms with Crippen LogP contribution in [-0.2, 0) is 95.1 Å². The Labute approximate surface area is 659 Å². The number of fused-ring (bicyclic) bond motifs is 2. The van der Waals surface area contributed by atoms with Crippen molar-refractivity contribution < 1.29 is 85.2 Å². The first-order valence-corrected chi connectivity index (χ1v) is 40.5. The highest BCUT2D eigenvalue weighted by Crippen LogP contribution is 2.34. The van der Waals surface area contributed by atoms with Crippen LogP contribution in [-0.4, -0.2) is 275 Å². The summed E-state index contributed by atoms with van der Waals surface area (Å²) in [6.07, 6.45) is 5.39. The van der Waals surface area contributed by atoms with Gasteiger partial charge in [0.25, 0.3) is 0 Å². The van der Waals surface area contributed by atoms with E-state index in [2.05, 4.69) is 10.6 Å². The normalized spacial score (nSPS) is 12.2. The average Bonchev–Trinajstić information content (AvgIpc) is 1.17. The minimum absolute atomic E-state index is 0.0143. The molecule has 0 saturated heterocycles. The van der Waals surface area contributed by atoms with E-state index in [9.17, 15) is 37.5 Å². The number of aliphatic carboxylic acids is 1. The van der Waals surface area contributed by atoms with Gasteiger partial charge in [0, 0.05) is 52.4 Å². The van der Waals surface area contributed by atoms with Crippen molar-refractivity contribution in [2.24, 2.45) is 22.3 Å². The first-order valence-electron chi connectivity index (χ1n) is 37.6. The van der Waals surface area contributed by atoms with Crippen LogP contribution in [0.25, 0.3) is 0 Å². The molecule has 1 unspecified atom stereocenters. The van der Waals surface area contributed by atoms with Crippen LogP contribution in [0.3, 0.4) is 0 Å². The van der Waals surface area contributed by atoms with Crippen LogP contribution >= 0.6 is 11.8 Å². The number of ether oxygens (including phenoxy) is 5. The summed E-state index contributed by atoms with van der Waals surface area (Å²) >= 11 is 1.40. The minimum Gasteiger partial charge on any atom is -0.480 e. The fraction of sp³-hybridized carbons (Fsp3) is 0.487. The molecule has 0 saturated carbocycles. The third-order valence-electron chi connectivity index (χ3n) is 18.5. The number of primary sulfonamides is 1. The molecule has 1 atom stereocenters. The number of carbonyl (C=O) groups excluding carboxylic acids is 9. The maximum atomic E-state index is 15.5. The van der Waals surface area contributed by atoms with Gasteiger partial charge in [0.2, 0.25) is 76.8 Å². The molecule has 0 fully saturated rings. The van der Waals surface area contributed by atoms with Gasteiger partial charge >= 0.3 is 5.97 Å². The van der Waals surface area contributed by atoms with Crippen LogP contribution in [0, 0.1) is 0 Å². The Kier molecular flexibility index (Phi) is 37.8. The fourth-order valence-electron chi connectivity index (χ4n) is 12.1. The number of hydrogen-bond acceptors (Lipinski definition) is 22. The summed E-state index contributed by atoms with van der Waals surface area (Å²) in [7, 11) is -4.12.